The molecule has 1 heterocycles. The molecular formula is C22H13Cl4NO. The van der Waals surface area contributed by atoms with E-state index in [4.69, 9.17) is 46.4 Å². The molecule has 3 aromatic carbocycles. The van der Waals surface area contributed by atoms with Crippen molar-refractivity contribution >= 4 is 57.3 Å². The van der Waals surface area contributed by atoms with E-state index in [9.17, 15) is 4.79 Å². The first-order chi connectivity index (χ1) is 13.4. The minimum Gasteiger partial charge on any atom is -0.354 e. The van der Waals surface area contributed by atoms with Gasteiger partial charge in [0.1, 0.15) is 0 Å². The van der Waals surface area contributed by atoms with Crippen LogP contribution in [0.15, 0.2) is 65.5 Å². The highest BCUT2D eigenvalue weighted by Crippen LogP contribution is 2.33. The topological polar surface area (TPSA) is 32.9 Å². The lowest BCUT2D eigenvalue weighted by Crippen LogP contribution is -2.14. The van der Waals surface area contributed by atoms with E-state index in [1.54, 1.807) is 36.4 Å². The second-order valence-electron chi connectivity index (χ2n) is 6.39. The maximum absolute atomic E-state index is 13.3. The molecule has 0 amide bonds. The van der Waals surface area contributed by atoms with E-state index in [2.05, 4.69) is 4.98 Å². The number of halogens is 4. The first kappa shape index (κ1) is 19.4. The van der Waals surface area contributed by atoms with Crippen molar-refractivity contribution in [3.63, 3.8) is 0 Å². The van der Waals surface area contributed by atoms with Crippen LogP contribution in [-0.4, -0.2) is 4.98 Å². The molecule has 6 heteroatoms. The molecule has 4 rings (SSSR count). The molecule has 0 saturated heterocycles. The molecule has 0 aliphatic carbocycles. The van der Waals surface area contributed by atoms with Crippen molar-refractivity contribution in [2.45, 2.75) is 6.42 Å². The van der Waals surface area contributed by atoms with Gasteiger partial charge < -0.3 is 4.98 Å². The van der Waals surface area contributed by atoms with Gasteiger partial charge in [0.2, 0.25) is 0 Å². The number of rotatable bonds is 3. The second kappa shape index (κ2) is 7.81. The highest BCUT2D eigenvalue weighted by atomic mass is 35.5. The van der Waals surface area contributed by atoms with Crippen molar-refractivity contribution in [2.75, 3.05) is 0 Å². The fourth-order valence-corrected chi connectivity index (χ4v) is 4.20. The Morgan fingerprint density at radius 3 is 2.18 bits per heavy atom. The molecule has 0 unspecified atom stereocenters. The highest BCUT2D eigenvalue weighted by Gasteiger charge is 2.17. The summed E-state index contributed by atoms with van der Waals surface area (Å²) in [4.78, 5) is 16.7. The third kappa shape index (κ3) is 3.66. The van der Waals surface area contributed by atoms with Crippen LogP contribution in [0.2, 0.25) is 20.1 Å². The molecule has 1 N–H and O–H groups in total. The Labute approximate surface area is 181 Å². The molecule has 0 radical (unpaired) electrons. The van der Waals surface area contributed by atoms with Gasteiger partial charge in [-0.25, -0.2) is 0 Å². The third-order valence-corrected chi connectivity index (χ3v) is 5.72. The van der Waals surface area contributed by atoms with Gasteiger partial charge in [0.25, 0.3) is 0 Å². The Morgan fingerprint density at radius 2 is 1.46 bits per heavy atom. The standard InChI is InChI=1S/C22H13Cl4NO/c23-13-6-5-12(18(25)10-13)9-17-21(15-8-7-14(24)11-19(15)26)27-20-4-2-1-3-16(20)22(17)28/h1-8,10-11H,9H2,(H,27,28). The summed E-state index contributed by atoms with van der Waals surface area (Å²) >= 11 is 24.9. The van der Waals surface area contributed by atoms with Gasteiger partial charge >= 0.3 is 0 Å². The quantitative estimate of drug-likeness (QED) is 0.348. The smallest absolute Gasteiger partial charge is 0.193 e. The fraction of sp³-hybridized carbons (Fsp3) is 0.0455. The van der Waals surface area contributed by atoms with Crippen molar-refractivity contribution in [3.8, 4) is 11.3 Å². The molecule has 0 fully saturated rings. The van der Waals surface area contributed by atoms with Crippen LogP contribution in [0.1, 0.15) is 11.1 Å². The van der Waals surface area contributed by atoms with Gasteiger partial charge in [-0.2, -0.15) is 0 Å². The maximum atomic E-state index is 13.3. The summed E-state index contributed by atoms with van der Waals surface area (Å²) in [6.07, 6.45) is 0.338. The van der Waals surface area contributed by atoms with Crippen molar-refractivity contribution < 1.29 is 0 Å². The Bertz CT molecular complexity index is 1260. The van der Waals surface area contributed by atoms with Gasteiger partial charge in [0.05, 0.1) is 10.7 Å². The Kier molecular flexibility index (Phi) is 5.39. The number of pyridine rings is 1. The van der Waals surface area contributed by atoms with Gasteiger partial charge in [-0.1, -0.05) is 64.6 Å². The van der Waals surface area contributed by atoms with Crippen LogP contribution in [0.3, 0.4) is 0 Å². The number of H-pyrrole nitrogens is 1. The number of hydrogen-bond donors (Lipinski definition) is 1. The lowest BCUT2D eigenvalue weighted by Gasteiger charge is -2.14. The maximum Gasteiger partial charge on any atom is 0.193 e. The molecule has 1 aromatic heterocycles. The molecule has 0 spiro atoms. The van der Waals surface area contributed by atoms with E-state index in [-0.39, 0.29) is 5.43 Å². The SMILES string of the molecule is O=c1c(Cc2ccc(Cl)cc2Cl)c(-c2ccc(Cl)cc2Cl)[nH]c2ccccc12. The second-order valence-corrected chi connectivity index (χ2v) is 8.08. The summed E-state index contributed by atoms with van der Waals surface area (Å²) in [7, 11) is 0. The average Bonchev–Trinajstić information content (AvgIpc) is 2.66. The molecule has 0 aliphatic rings. The molecule has 0 saturated carbocycles. The van der Waals surface area contributed by atoms with E-state index < -0.39 is 0 Å². The fourth-order valence-electron chi connectivity index (χ4n) is 3.22. The Morgan fingerprint density at radius 1 is 0.786 bits per heavy atom. The van der Waals surface area contributed by atoms with Crippen LogP contribution in [0.25, 0.3) is 22.2 Å². The zero-order valence-corrected chi connectivity index (χ0v) is 17.4. The normalized spacial score (nSPS) is 11.1. The number of nitrogens with one attached hydrogen (secondary N) is 1. The first-order valence-corrected chi connectivity index (χ1v) is 9.98. The molecule has 0 aliphatic heterocycles. The van der Waals surface area contributed by atoms with Crippen molar-refractivity contribution in [2.24, 2.45) is 0 Å². The van der Waals surface area contributed by atoms with E-state index in [0.29, 0.717) is 48.7 Å². The number of hydrogen-bond acceptors (Lipinski definition) is 1. The minimum absolute atomic E-state index is 0.0682. The summed E-state index contributed by atoms with van der Waals surface area (Å²) in [5, 5.41) is 2.65. The molecule has 4 aromatic rings. The van der Waals surface area contributed by atoms with Gasteiger partial charge in [0, 0.05) is 43.5 Å². The van der Waals surface area contributed by atoms with E-state index >= 15 is 0 Å². The molecular weight excluding hydrogens is 436 g/mol. The predicted octanol–water partition coefficient (Wildman–Crippen LogP) is 7.40. The summed E-state index contributed by atoms with van der Waals surface area (Å²) in [5.41, 5.74) is 3.40. The van der Waals surface area contributed by atoms with Gasteiger partial charge in [-0.05, 0) is 48.0 Å². The number of fused-ring (bicyclic) bond motifs is 1. The van der Waals surface area contributed by atoms with Crippen LogP contribution in [0.5, 0.6) is 0 Å². The van der Waals surface area contributed by atoms with Crippen LogP contribution >= 0.6 is 46.4 Å². The average molecular weight is 449 g/mol. The van der Waals surface area contributed by atoms with Gasteiger partial charge in [-0.15, -0.1) is 0 Å². The lowest BCUT2D eigenvalue weighted by atomic mass is 9.97. The predicted molar refractivity (Wildman–Crippen MR) is 119 cm³/mol. The monoisotopic (exact) mass is 447 g/mol. The third-order valence-electron chi connectivity index (χ3n) is 4.59. The lowest BCUT2D eigenvalue weighted by molar-refractivity contribution is 1.15. The summed E-state index contributed by atoms with van der Waals surface area (Å²) in [6, 6.07) is 17.8. The number of benzene rings is 3. The number of aromatic amines is 1. The van der Waals surface area contributed by atoms with Crippen LogP contribution in [-0.2, 0) is 6.42 Å². The zero-order chi connectivity index (χ0) is 19.8. The van der Waals surface area contributed by atoms with Gasteiger partial charge in [0.15, 0.2) is 5.43 Å². The van der Waals surface area contributed by atoms with Crippen LogP contribution in [0.4, 0.5) is 0 Å². The van der Waals surface area contributed by atoms with E-state index in [1.165, 1.54) is 0 Å². The molecule has 140 valence electrons. The molecule has 0 atom stereocenters. The largest absolute Gasteiger partial charge is 0.354 e. The van der Waals surface area contributed by atoms with E-state index in [1.807, 2.05) is 24.3 Å². The molecule has 0 bridgehead atoms. The summed E-state index contributed by atoms with van der Waals surface area (Å²) < 4.78 is 0. The summed E-state index contributed by atoms with van der Waals surface area (Å²) in [5.74, 6) is 0. The number of aromatic nitrogens is 1. The van der Waals surface area contributed by atoms with Crippen molar-refractivity contribution in [1.29, 1.82) is 0 Å². The van der Waals surface area contributed by atoms with Crippen molar-refractivity contribution in [3.05, 3.63) is 102 Å². The van der Waals surface area contributed by atoms with Crippen LogP contribution in [0, 0.1) is 0 Å². The van der Waals surface area contributed by atoms with Crippen molar-refractivity contribution in [1.82, 2.24) is 4.98 Å². The highest BCUT2D eigenvalue weighted by molar-refractivity contribution is 6.36. The Balaban J connectivity index is 1.99. The van der Waals surface area contributed by atoms with Gasteiger partial charge in [-0.3, -0.25) is 4.79 Å². The first-order valence-electron chi connectivity index (χ1n) is 8.47. The number of para-hydroxylation sites is 1. The molecule has 2 nitrogen and oxygen atoms in total. The zero-order valence-electron chi connectivity index (χ0n) is 14.4. The summed E-state index contributed by atoms with van der Waals surface area (Å²) in [6.45, 7) is 0. The minimum atomic E-state index is -0.0682. The molecule has 28 heavy (non-hydrogen) atoms. The van der Waals surface area contributed by atoms with E-state index in [0.717, 1.165) is 11.1 Å². The van der Waals surface area contributed by atoms with Crippen LogP contribution < -0.4 is 5.43 Å². The Hall–Kier alpha value is -1.97.